The summed E-state index contributed by atoms with van der Waals surface area (Å²) in [7, 11) is 1.62. The molecule has 0 bridgehead atoms. The second-order valence-corrected chi connectivity index (χ2v) is 7.16. The maximum Gasteiger partial charge on any atom is 0.408 e. The molecule has 6 heteroatoms. The maximum absolute atomic E-state index is 11.9. The van der Waals surface area contributed by atoms with Gasteiger partial charge in [-0.2, -0.15) is 0 Å². The minimum atomic E-state index is -0.419. The van der Waals surface area contributed by atoms with Crippen molar-refractivity contribution in [1.29, 1.82) is 0 Å². The summed E-state index contributed by atoms with van der Waals surface area (Å²) in [5.74, 6) is 0.732. The molecule has 5 nitrogen and oxygen atoms in total. The number of carbonyl (C=O) groups is 1. The predicted octanol–water partition coefficient (Wildman–Crippen LogP) is 4.65. The van der Waals surface area contributed by atoms with Gasteiger partial charge in [0.2, 0.25) is 0 Å². The lowest BCUT2D eigenvalue weighted by molar-refractivity contribution is 0.132. The summed E-state index contributed by atoms with van der Waals surface area (Å²) >= 11 is 1.62. The fourth-order valence-corrected chi connectivity index (χ4v) is 3.77. The molecule has 1 aromatic heterocycles. The average molecular weight is 366 g/mol. The zero-order chi connectivity index (χ0) is 18.1. The van der Waals surface area contributed by atoms with Crippen LogP contribution in [0.3, 0.4) is 0 Å². The van der Waals surface area contributed by atoms with E-state index in [1.165, 1.54) is 0 Å². The molecule has 0 radical (unpaired) electrons. The molecular weight excluding hydrogens is 348 g/mol. The molecule has 2 aromatic carbocycles. The van der Waals surface area contributed by atoms with Crippen LogP contribution in [0.25, 0.3) is 11.3 Å². The van der Waals surface area contributed by atoms with E-state index in [1.54, 1.807) is 18.4 Å². The van der Waals surface area contributed by atoms with Gasteiger partial charge in [-0.15, -0.1) is 11.3 Å². The van der Waals surface area contributed by atoms with Crippen molar-refractivity contribution < 1.29 is 14.3 Å². The van der Waals surface area contributed by atoms with Gasteiger partial charge in [0.1, 0.15) is 5.75 Å². The quantitative estimate of drug-likeness (QED) is 0.730. The summed E-state index contributed by atoms with van der Waals surface area (Å²) in [6, 6.07) is 15.4. The summed E-state index contributed by atoms with van der Waals surface area (Å²) in [5, 5.41) is 5.98. The standard InChI is InChI=1S/C20H18N2O3S/c1-12-21-17(11-26-12)13-5-3-6-14(9-13)18-19(25-20(23)22-18)15-7-4-8-16(10-15)24-2/h3-11,18-19H,1-2H3,(H,22,23)/t18-,19-/m1/s1. The summed E-state index contributed by atoms with van der Waals surface area (Å²) in [6.07, 6.45) is -0.831. The van der Waals surface area contributed by atoms with Crippen molar-refractivity contribution in [1.82, 2.24) is 10.3 Å². The molecule has 2 atom stereocenters. The van der Waals surface area contributed by atoms with Crippen molar-refractivity contribution in [2.45, 2.75) is 19.1 Å². The first kappa shape index (κ1) is 16.6. The Morgan fingerprint density at radius 2 is 1.96 bits per heavy atom. The first-order chi connectivity index (χ1) is 12.6. The van der Waals surface area contributed by atoms with Crippen molar-refractivity contribution in [2.24, 2.45) is 0 Å². The van der Waals surface area contributed by atoms with E-state index in [2.05, 4.69) is 16.4 Å². The van der Waals surface area contributed by atoms with E-state index in [4.69, 9.17) is 9.47 Å². The van der Waals surface area contributed by atoms with Gasteiger partial charge in [0.15, 0.2) is 6.10 Å². The number of alkyl carbamates (subject to hydrolysis) is 1. The Hall–Kier alpha value is -2.86. The lowest BCUT2D eigenvalue weighted by atomic mass is 9.95. The van der Waals surface area contributed by atoms with Crippen LogP contribution in [0.4, 0.5) is 4.79 Å². The Labute approximate surface area is 155 Å². The van der Waals surface area contributed by atoms with Gasteiger partial charge in [0.05, 0.1) is 23.9 Å². The lowest BCUT2D eigenvalue weighted by Gasteiger charge is -2.18. The normalized spacial score (nSPS) is 19.1. The third-order valence-electron chi connectivity index (χ3n) is 4.39. The first-order valence-electron chi connectivity index (χ1n) is 8.27. The maximum atomic E-state index is 11.9. The number of aryl methyl sites for hydroxylation is 1. The number of benzene rings is 2. The van der Waals surface area contributed by atoms with Crippen molar-refractivity contribution in [3.8, 4) is 17.0 Å². The molecular formula is C20H18N2O3S. The second kappa shape index (κ2) is 6.80. The number of cyclic esters (lactones) is 1. The van der Waals surface area contributed by atoms with Crippen molar-refractivity contribution in [3.63, 3.8) is 0 Å². The number of amides is 1. The molecule has 1 fully saturated rings. The Kier molecular flexibility index (Phi) is 4.34. The number of ether oxygens (including phenoxy) is 2. The number of hydrogen-bond donors (Lipinski definition) is 1. The second-order valence-electron chi connectivity index (χ2n) is 6.10. The largest absolute Gasteiger partial charge is 0.497 e. The third-order valence-corrected chi connectivity index (χ3v) is 5.17. The molecule has 132 valence electrons. The fourth-order valence-electron chi connectivity index (χ4n) is 3.14. The summed E-state index contributed by atoms with van der Waals surface area (Å²) < 4.78 is 10.8. The molecule has 0 unspecified atom stereocenters. The third kappa shape index (κ3) is 3.15. The number of nitrogens with zero attached hydrogens (tertiary/aromatic N) is 1. The number of aromatic nitrogens is 1. The molecule has 1 N–H and O–H groups in total. The molecule has 0 saturated carbocycles. The van der Waals surface area contributed by atoms with Gasteiger partial charge in [-0.05, 0) is 36.2 Å². The molecule has 1 aliphatic heterocycles. The fraction of sp³-hybridized carbons (Fsp3) is 0.200. The monoisotopic (exact) mass is 366 g/mol. The summed E-state index contributed by atoms with van der Waals surface area (Å²) in [5.41, 5.74) is 3.84. The Morgan fingerprint density at radius 1 is 1.15 bits per heavy atom. The van der Waals surface area contributed by atoms with E-state index in [1.807, 2.05) is 54.8 Å². The molecule has 1 saturated heterocycles. The summed E-state index contributed by atoms with van der Waals surface area (Å²) in [6.45, 7) is 1.99. The summed E-state index contributed by atoms with van der Waals surface area (Å²) in [4.78, 5) is 16.5. The van der Waals surface area contributed by atoms with Gasteiger partial charge in [0, 0.05) is 10.9 Å². The van der Waals surface area contributed by atoms with E-state index >= 15 is 0 Å². The highest BCUT2D eigenvalue weighted by molar-refractivity contribution is 7.09. The van der Waals surface area contributed by atoms with Crippen LogP contribution < -0.4 is 10.1 Å². The minimum absolute atomic E-state index is 0.269. The number of hydrogen-bond acceptors (Lipinski definition) is 5. The highest BCUT2D eigenvalue weighted by Gasteiger charge is 2.36. The van der Waals surface area contributed by atoms with Crippen LogP contribution in [0.2, 0.25) is 0 Å². The van der Waals surface area contributed by atoms with E-state index in [0.29, 0.717) is 0 Å². The topological polar surface area (TPSA) is 60.5 Å². The number of methoxy groups -OCH3 is 1. The van der Waals surface area contributed by atoms with Crippen LogP contribution in [0.1, 0.15) is 28.3 Å². The van der Waals surface area contributed by atoms with E-state index in [0.717, 1.165) is 33.1 Å². The smallest absolute Gasteiger partial charge is 0.408 e. The van der Waals surface area contributed by atoms with E-state index < -0.39 is 12.2 Å². The molecule has 4 rings (SSSR count). The molecule has 1 amide bonds. The van der Waals surface area contributed by atoms with Crippen LogP contribution in [0.5, 0.6) is 5.75 Å². The number of rotatable bonds is 4. The van der Waals surface area contributed by atoms with Crippen molar-refractivity contribution in [2.75, 3.05) is 7.11 Å². The highest BCUT2D eigenvalue weighted by Crippen LogP contribution is 2.38. The first-order valence-corrected chi connectivity index (χ1v) is 9.15. The van der Waals surface area contributed by atoms with Gasteiger partial charge < -0.3 is 14.8 Å². The number of carbonyl (C=O) groups excluding carboxylic acids is 1. The van der Waals surface area contributed by atoms with Gasteiger partial charge in [-0.1, -0.05) is 30.3 Å². The number of nitrogens with one attached hydrogen (secondary N) is 1. The SMILES string of the molecule is COc1cccc([C@H]2OC(=O)N[C@@H]2c2cccc(-c3csc(C)n3)c2)c1. The Balaban J connectivity index is 1.70. The molecule has 26 heavy (non-hydrogen) atoms. The van der Waals surface area contributed by atoms with Crippen LogP contribution in [-0.2, 0) is 4.74 Å². The Morgan fingerprint density at radius 3 is 2.73 bits per heavy atom. The average Bonchev–Trinajstić information content (AvgIpc) is 3.28. The van der Waals surface area contributed by atoms with Crippen LogP contribution in [-0.4, -0.2) is 18.2 Å². The minimum Gasteiger partial charge on any atom is -0.497 e. The molecule has 3 aromatic rings. The Bertz CT molecular complexity index is 953. The molecule has 1 aliphatic rings. The van der Waals surface area contributed by atoms with Gasteiger partial charge in [-0.3, -0.25) is 0 Å². The van der Waals surface area contributed by atoms with Gasteiger partial charge in [-0.25, -0.2) is 9.78 Å². The van der Waals surface area contributed by atoms with Crippen LogP contribution in [0.15, 0.2) is 53.9 Å². The van der Waals surface area contributed by atoms with E-state index in [9.17, 15) is 4.79 Å². The van der Waals surface area contributed by atoms with Crippen LogP contribution in [0, 0.1) is 6.92 Å². The van der Waals surface area contributed by atoms with Gasteiger partial charge in [0.25, 0.3) is 0 Å². The highest BCUT2D eigenvalue weighted by atomic mass is 32.1. The zero-order valence-electron chi connectivity index (χ0n) is 14.4. The van der Waals surface area contributed by atoms with Crippen molar-refractivity contribution >= 4 is 17.4 Å². The molecule has 0 spiro atoms. The van der Waals surface area contributed by atoms with Gasteiger partial charge >= 0.3 is 6.09 Å². The van der Waals surface area contributed by atoms with Crippen LogP contribution >= 0.6 is 11.3 Å². The zero-order valence-corrected chi connectivity index (χ0v) is 15.2. The number of thiazole rings is 1. The van der Waals surface area contributed by atoms with Crippen molar-refractivity contribution in [3.05, 3.63) is 70.0 Å². The predicted molar refractivity (Wildman–Crippen MR) is 100 cm³/mol. The molecule has 0 aliphatic carbocycles. The lowest BCUT2D eigenvalue weighted by Crippen LogP contribution is -2.19. The van der Waals surface area contributed by atoms with E-state index in [-0.39, 0.29) is 6.04 Å². The molecule has 2 heterocycles.